The van der Waals surface area contributed by atoms with Gasteiger partial charge < -0.3 is 10.1 Å². The van der Waals surface area contributed by atoms with Crippen LogP contribution in [0.3, 0.4) is 0 Å². The van der Waals surface area contributed by atoms with Gasteiger partial charge in [0.05, 0.1) is 23.6 Å². The number of benzene rings is 1. The molecule has 0 unspecified atom stereocenters. The van der Waals surface area contributed by atoms with Crippen LogP contribution >= 0.6 is 0 Å². The van der Waals surface area contributed by atoms with Gasteiger partial charge in [0.15, 0.2) is 17.4 Å². The zero-order chi connectivity index (χ0) is 12.7. The lowest BCUT2D eigenvalue weighted by Gasteiger charge is -2.04. The van der Waals surface area contributed by atoms with Gasteiger partial charge in [-0.15, -0.1) is 0 Å². The molecular weight excluding hydrogens is 240 g/mol. The molecule has 3 rings (SSSR count). The molecule has 0 radical (unpaired) electrons. The van der Waals surface area contributed by atoms with Gasteiger partial charge in [0.25, 0.3) is 0 Å². The molecule has 0 saturated carbocycles. The Bertz CT molecular complexity index is 716. The second-order valence-corrected chi connectivity index (χ2v) is 3.77. The zero-order valence-corrected chi connectivity index (χ0v) is 8.98. The van der Waals surface area contributed by atoms with E-state index in [0.29, 0.717) is 16.6 Å². The summed E-state index contributed by atoms with van der Waals surface area (Å²) in [5.74, 6) is -3.02. The number of nitrogens with zero attached hydrogens (tertiary/aromatic N) is 2. The maximum atomic E-state index is 13.3. The van der Waals surface area contributed by atoms with Crippen LogP contribution in [0.4, 0.5) is 8.78 Å². The van der Waals surface area contributed by atoms with E-state index in [9.17, 15) is 8.78 Å². The van der Waals surface area contributed by atoms with Crippen molar-refractivity contribution < 1.29 is 13.9 Å². The number of hydrogen-bond acceptors (Lipinski definition) is 3. The number of halogens is 2. The molecule has 2 aromatic heterocycles. The molecule has 1 aromatic carbocycles. The summed E-state index contributed by atoms with van der Waals surface area (Å²) in [5, 5.41) is 9.06. The molecule has 2 N–H and O–H groups in total. The van der Waals surface area contributed by atoms with Crippen LogP contribution in [0.15, 0.2) is 30.9 Å². The Morgan fingerprint density at radius 3 is 2.56 bits per heavy atom. The fraction of sp³-hybridized carbons (Fsp3) is 0. The molecule has 0 aliphatic rings. The topological polar surface area (TPSA) is 61.8 Å². The van der Waals surface area contributed by atoms with Gasteiger partial charge in [-0.25, -0.2) is 13.8 Å². The van der Waals surface area contributed by atoms with Gasteiger partial charge in [0, 0.05) is 11.8 Å². The summed E-state index contributed by atoms with van der Waals surface area (Å²) in [4.78, 5) is 10.9. The van der Waals surface area contributed by atoms with Crippen molar-refractivity contribution in [3.05, 3.63) is 42.5 Å². The van der Waals surface area contributed by atoms with E-state index < -0.39 is 17.4 Å². The van der Waals surface area contributed by atoms with E-state index in [1.54, 1.807) is 6.20 Å². The number of imidazole rings is 1. The Morgan fingerprint density at radius 2 is 1.83 bits per heavy atom. The zero-order valence-electron chi connectivity index (χ0n) is 8.98. The molecule has 0 fully saturated rings. The highest BCUT2D eigenvalue weighted by Gasteiger charge is 2.13. The standard InChI is InChI=1S/C12H7F2N3O/c13-8-1-6(2-9(14)12(8)18)7-3-15-4-10-11(7)17-5-16-10/h1-5,18H,(H,16,17). The van der Waals surface area contributed by atoms with Crippen molar-refractivity contribution in [2.75, 3.05) is 0 Å². The second-order valence-electron chi connectivity index (χ2n) is 3.77. The number of aromatic nitrogens is 3. The first kappa shape index (κ1) is 10.6. The number of phenols is 1. The summed E-state index contributed by atoms with van der Waals surface area (Å²) in [6.07, 6.45) is 4.51. The van der Waals surface area contributed by atoms with Crippen LogP contribution in [0.2, 0.25) is 0 Å². The summed E-state index contributed by atoms with van der Waals surface area (Å²) in [6.45, 7) is 0. The molecule has 2 heterocycles. The average molecular weight is 247 g/mol. The maximum absolute atomic E-state index is 13.3. The summed E-state index contributed by atoms with van der Waals surface area (Å²) >= 11 is 0. The average Bonchev–Trinajstić information content (AvgIpc) is 2.83. The number of fused-ring (bicyclic) bond motifs is 1. The van der Waals surface area contributed by atoms with Crippen LogP contribution in [0.1, 0.15) is 0 Å². The smallest absolute Gasteiger partial charge is 0.187 e. The predicted molar refractivity (Wildman–Crippen MR) is 60.9 cm³/mol. The lowest BCUT2D eigenvalue weighted by Crippen LogP contribution is -1.88. The van der Waals surface area contributed by atoms with Crippen LogP contribution in [-0.2, 0) is 0 Å². The van der Waals surface area contributed by atoms with E-state index in [-0.39, 0.29) is 5.56 Å². The molecule has 0 aliphatic heterocycles. The van der Waals surface area contributed by atoms with Crippen LogP contribution in [0.25, 0.3) is 22.2 Å². The van der Waals surface area contributed by atoms with Gasteiger partial charge in [-0.2, -0.15) is 0 Å². The van der Waals surface area contributed by atoms with Crippen molar-refractivity contribution >= 4 is 11.0 Å². The Kier molecular flexibility index (Phi) is 2.22. The second kappa shape index (κ2) is 3.76. The van der Waals surface area contributed by atoms with Crippen LogP contribution in [0, 0.1) is 11.6 Å². The molecule has 0 aliphatic carbocycles. The molecule has 4 nitrogen and oxygen atoms in total. The van der Waals surface area contributed by atoms with Gasteiger partial charge in [-0.1, -0.05) is 0 Å². The van der Waals surface area contributed by atoms with E-state index >= 15 is 0 Å². The SMILES string of the molecule is Oc1c(F)cc(-c2cncc3[nH]cnc23)cc1F. The van der Waals surface area contributed by atoms with Gasteiger partial charge in [-0.05, 0) is 17.7 Å². The molecule has 0 amide bonds. The summed E-state index contributed by atoms with van der Waals surface area (Å²) in [6, 6.07) is 2.09. The van der Waals surface area contributed by atoms with Gasteiger partial charge in [0.1, 0.15) is 0 Å². The van der Waals surface area contributed by atoms with Crippen LogP contribution in [-0.4, -0.2) is 20.1 Å². The molecule has 18 heavy (non-hydrogen) atoms. The highest BCUT2D eigenvalue weighted by atomic mass is 19.1. The maximum Gasteiger partial charge on any atom is 0.187 e. The molecule has 0 bridgehead atoms. The number of pyridine rings is 1. The number of rotatable bonds is 1. The van der Waals surface area contributed by atoms with Crippen molar-refractivity contribution in [3.8, 4) is 16.9 Å². The Hall–Kier alpha value is -2.50. The number of H-pyrrole nitrogens is 1. The Balaban J connectivity index is 2.29. The minimum atomic E-state index is -1.02. The van der Waals surface area contributed by atoms with E-state index in [4.69, 9.17) is 5.11 Å². The molecule has 0 saturated heterocycles. The largest absolute Gasteiger partial charge is 0.503 e. The van der Waals surface area contributed by atoms with E-state index in [2.05, 4.69) is 15.0 Å². The minimum Gasteiger partial charge on any atom is -0.503 e. The first-order valence-corrected chi connectivity index (χ1v) is 5.12. The Morgan fingerprint density at radius 1 is 1.11 bits per heavy atom. The van der Waals surface area contributed by atoms with Gasteiger partial charge >= 0.3 is 0 Å². The molecule has 90 valence electrons. The van der Waals surface area contributed by atoms with Crippen LogP contribution < -0.4 is 0 Å². The van der Waals surface area contributed by atoms with Crippen molar-refractivity contribution in [1.29, 1.82) is 0 Å². The van der Waals surface area contributed by atoms with Crippen molar-refractivity contribution in [1.82, 2.24) is 15.0 Å². The van der Waals surface area contributed by atoms with E-state index in [1.807, 2.05) is 0 Å². The lowest BCUT2D eigenvalue weighted by atomic mass is 10.1. The first-order chi connectivity index (χ1) is 8.66. The van der Waals surface area contributed by atoms with E-state index in [1.165, 1.54) is 12.5 Å². The Labute approximate surface area is 99.9 Å². The van der Waals surface area contributed by atoms with Crippen molar-refractivity contribution in [2.45, 2.75) is 0 Å². The number of phenolic OH excluding ortho intramolecular Hbond substituents is 1. The van der Waals surface area contributed by atoms with Crippen molar-refractivity contribution in [2.24, 2.45) is 0 Å². The number of nitrogens with one attached hydrogen (secondary N) is 1. The van der Waals surface area contributed by atoms with Crippen molar-refractivity contribution in [3.63, 3.8) is 0 Å². The monoisotopic (exact) mass is 247 g/mol. The number of hydrogen-bond donors (Lipinski definition) is 2. The third-order valence-electron chi connectivity index (χ3n) is 2.66. The first-order valence-electron chi connectivity index (χ1n) is 5.12. The number of aromatic amines is 1. The van der Waals surface area contributed by atoms with Crippen LogP contribution in [0.5, 0.6) is 5.75 Å². The van der Waals surface area contributed by atoms with Gasteiger partial charge in [-0.3, -0.25) is 4.98 Å². The molecule has 6 heteroatoms. The third kappa shape index (κ3) is 1.50. The molecule has 0 atom stereocenters. The minimum absolute atomic E-state index is 0.271. The molecule has 0 spiro atoms. The summed E-state index contributed by atoms with van der Waals surface area (Å²) < 4.78 is 26.6. The quantitative estimate of drug-likeness (QED) is 0.694. The summed E-state index contributed by atoms with van der Waals surface area (Å²) in [5.41, 5.74) is 2.00. The highest BCUT2D eigenvalue weighted by Crippen LogP contribution is 2.30. The van der Waals surface area contributed by atoms with E-state index in [0.717, 1.165) is 12.1 Å². The number of aromatic hydroxyl groups is 1. The molecular formula is C12H7F2N3O. The lowest BCUT2D eigenvalue weighted by molar-refractivity contribution is 0.396. The summed E-state index contributed by atoms with van der Waals surface area (Å²) in [7, 11) is 0. The third-order valence-corrected chi connectivity index (χ3v) is 2.66. The molecule has 3 aromatic rings. The van der Waals surface area contributed by atoms with Gasteiger partial charge in [0.2, 0.25) is 0 Å². The predicted octanol–water partition coefficient (Wildman–Crippen LogP) is 2.61. The normalized spacial score (nSPS) is 11.0. The highest BCUT2D eigenvalue weighted by molar-refractivity contribution is 5.90. The fourth-order valence-electron chi connectivity index (χ4n) is 1.80. The fourth-order valence-corrected chi connectivity index (χ4v) is 1.80.